The molecule has 1 aromatic rings. The van der Waals surface area contributed by atoms with E-state index in [2.05, 4.69) is 0 Å². The number of hydrogen-bond donors (Lipinski definition) is 0. The first-order valence-electron chi connectivity index (χ1n) is 3.32. The zero-order valence-corrected chi connectivity index (χ0v) is 6.48. The van der Waals surface area contributed by atoms with Gasteiger partial charge in [0.15, 0.2) is 0 Å². The van der Waals surface area contributed by atoms with E-state index in [1.54, 1.807) is 13.8 Å². The van der Waals surface area contributed by atoms with Gasteiger partial charge >= 0.3 is 0 Å². The molecule has 0 saturated carbocycles. The van der Waals surface area contributed by atoms with Crippen molar-refractivity contribution in [1.29, 1.82) is 5.26 Å². The molecule has 0 radical (unpaired) electrons. The van der Waals surface area contributed by atoms with Crippen molar-refractivity contribution in [2.24, 2.45) is 0 Å². The quantitative estimate of drug-likeness (QED) is 0.555. The molecule has 0 aliphatic carbocycles. The molecule has 0 N–H and O–H groups in total. The molecule has 11 heavy (non-hydrogen) atoms. The minimum atomic E-state index is -0.279. The van der Waals surface area contributed by atoms with Gasteiger partial charge in [-0.3, -0.25) is 0 Å². The summed E-state index contributed by atoms with van der Waals surface area (Å²) in [5, 5.41) is 8.62. The third-order valence-electron chi connectivity index (χ3n) is 1.61. The Labute approximate surface area is 65.1 Å². The van der Waals surface area contributed by atoms with Crippen molar-refractivity contribution in [3.63, 3.8) is 0 Å². The topological polar surface area (TPSA) is 23.8 Å². The predicted octanol–water partition coefficient (Wildman–Crippen LogP) is 2.31. The molecule has 0 unspecified atom stereocenters. The van der Waals surface area contributed by atoms with E-state index in [9.17, 15) is 4.39 Å². The standard InChI is InChI=1S/C9H8FN/c1-6-3-8(10)4-7(2)9(6)5-11/h3-4H,1-2H3. The number of aryl methyl sites for hydroxylation is 2. The van der Waals surface area contributed by atoms with Gasteiger partial charge in [0.05, 0.1) is 11.6 Å². The van der Waals surface area contributed by atoms with Gasteiger partial charge in [0, 0.05) is 0 Å². The fraction of sp³-hybridized carbons (Fsp3) is 0.222. The molecule has 1 aromatic carbocycles. The monoisotopic (exact) mass is 149 g/mol. The van der Waals surface area contributed by atoms with Crippen LogP contribution in [0.1, 0.15) is 16.7 Å². The second kappa shape index (κ2) is 2.71. The normalized spacial score (nSPS) is 9.27. The summed E-state index contributed by atoms with van der Waals surface area (Å²) in [6.45, 7) is 3.46. The molecule has 56 valence electrons. The van der Waals surface area contributed by atoms with E-state index in [-0.39, 0.29) is 5.82 Å². The maximum Gasteiger partial charge on any atom is 0.123 e. The minimum absolute atomic E-state index is 0.279. The Kier molecular flexibility index (Phi) is 1.91. The van der Waals surface area contributed by atoms with Crippen LogP contribution < -0.4 is 0 Å². The van der Waals surface area contributed by atoms with Crippen molar-refractivity contribution in [2.75, 3.05) is 0 Å². The maximum atomic E-state index is 12.6. The highest BCUT2D eigenvalue weighted by Crippen LogP contribution is 2.13. The van der Waals surface area contributed by atoms with Crippen LogP contribution in [-0.4, -0.2) is 0 Å². The van der Waals surface area contributed by atoms with Gasteiger partial charge in [-0.15, -0.1) is 0 Å². The summed E-state index contributed by atoms with van der Waals surface area (Å²) in [5.74, 6) is -0.279. The highest BCUT2D eigenvalue weighted by atomic mass is 19.1. The molecule has 0 amide bonds. The molecular weight excluding hydrogens is 141 g/mol. The van der Waals surface area contributed by atoms with Crippen LogP contribution in [0.4, 0.5) is 4.39 Å². The highest BCUT2D eigenvalue weighted by Gasteiger charge is 2.02. The predicted molar refractivity (Wildman–Crippen MR) is 40.6 cm³/mol. The second-order valence-electron chi connectivity index (χ2n) is 2.53. The molecule has 0 spiro atoms. The molecule has 0 saturated heterocycles. The van der Waals surface area contributed by atoms with Crippen molar-refractivity contribution >= 4 is 0 Å². The SMILES string of the molecule is Cc1cc(F)cc(C)c1C#N. The minimum Gasteiger partial charge on any atom is -0.207 e. The highest BCUT2D eigenvalue weighted by molar-refractivity contribution is 5.43. The van der Waals surface area contributed by atoms with Gasteiger partial charge < -0.3 is 0 Å². The average Bonchev–Trinajstić information content (AvgIpc) is 1.85. The lowest BCUT2D eigenvalue weighted by Crippen LogP contribution is -1.89. The molecule has 0 bridgehead atoms. The number of nitriles is 1. The summed E-state index contributed by atoms with van der Waals surface area (Å²) in [5.41, 5.74) is 1.97. The lowest BCUT2D eigenvalue weighted by atomic mass is 10.0. The summed E-state index contributed by atoms with van der Waals surface area (Å²) < 4.78 is 12.6. The van der Waals surface area contributed by atoms with Crippen LogP contribution in [0.2, 0.25) is 0 Å². The lowest BCUT2D eigenvalue weighted by molar-refractivity contribution is 0.625. The molecule has 2 heteroatoms. The molecule has 0 aliphatic rings. The zero-order valence-electron chi connectivity index (χ0n) is 6.48. The fourth-order valence-corrected chi connectivity index (χ4v) is 1.09. The summed E-state index contributed by atoms with van der Waals surface area (Å²) in [4.78, 5) is 0. The van der Waals surface area contributed by atoms with Gasteiger partial charge in [0.2, 0.25) is 0 Å². The zero-order chi connectivity index (χ0) is 8.43. The summed E-state index contributed by atoms with van der Waals surface area (Å²) >= 11 is 0. The first kappa shape index (κ1) is 7.74. The van der Waals surface area contributed by atoms with E-state index in [0.29, 0.717) is 16.7 Å². The molecule has 0 heterocycles. The van der Waals surface area contributed by atoms with E-state index in [4.69, 9.17) is 5.26 Å². The Morgan fingerprint density at radius 2 is 1.73 bits per heavy atom. The van der Waals surface area contributed by atoms with E-state index in [1.165, 1.54) is 12.1 Å². The van der Waals surface area contributed by atoms with Gasteiger partial charge in [-0.05, 0) is 37.1 Å². The van der Waals surface area contributed by atoms with Crippen LogP contribution in [-0.2, 0) is 0 Å². The fourth-order valence-electron chi connectivity index (χ4n) is 1.09. The molecule has 0 aromatic heterocycles. The summed E-state index contributed by atoms with van der Waals surface area (Å²) in [7, 11) is 0. The Bertz CT molecular complexity index is 300. The van der Waals surface area contributed by atoms with Crippen LogP contribution in [0.5, 0.6) is 0 Å². The number of nitrogens with zero attached hydrogens (tertiary/aromatic N) is 1. The summed E-state index contributed by atoms with van der Waals surface area (Å²) in [6.07, 6.45) is 0. The van der Waals surface area contributed by atoms with Crippen molar-refractivity contribution in [1.82, 2.24) is 0 Å². The maximum absolute atomic E-state index is 12.6. The van der Waals surface area contributed by atoms with E-state index >= 15 is 0 Å². The Morgan fingerprint density at radius 3 is 2.09 bits per heavy atom. The van der Waals surface area contributed by atoms with Gasteiger partial charge in [0.1, 0.15) is 5.82 Å². The lowest BCUT2D eigenvalue weighted by Gasteiger charge is -2.00. The Morgan fingerprint density at radius 1 is 1.27 bits per heavy atom. The third-order valence-corrected chi connectivity index (χ3v) is 1.61. The van der Waals surface area contributed by atoms with Gasteiger partial charge in [-0.1, -0.05) is 0 Å². The van der Waals surface area contributed by atoms with Gasteiger partial charge in [-0.25, -0.2) is 4.39 Å². The number of benzene rings is 1. The summed E-state index contributed by atoms with van der Waals surface area (Å²) in [6, 6.07) is 4.76. The van der Waals surface area contributed by atoms with Crippen molar-refractivity contribution in [3.05, 3.63) is 34.6 Å². The third kappa shape index (κ3) is 1.38. The van der Waals surface area contributed by atoms with Crippen LogP contribution in [0, 0.1) is 31.0 Å². The first-order chi connectivity index (χ1) is 5.15. The smallest absolute Gasteiger partial charge is 0.123 e. The van der Waals surface area contributed by atoms with E-state index in [1.807, 2.05) is 6.07 Å². The molecule has 1 nitrogen and oxygen atoms in total. The van der Waals surface area contributed by atoms with Crippen molar-refractivity contribution in [2.45, 2.75) is 13.8 Å². The van der Waals surface area contributed by atoms with Gasteiger partial charge in [0.25, 0.3) is 0 Å². The van der Waals surface area contributed by atoms with Crippen molar-refractivity contribution < 1.29 is 4.39 Å². The van der Waals surface area contributed by atoms with Gasteiger partial charge in [-0.2, -0.15) is 5.26 Å². The molecule has 0 fully saturated rings. The Balaban J connectivity index is 3.40. The molecule has 0 atom stereocenters. The molecule has 1 rings (SSSR count). The van der Waals surface area contributed by atoms with Crippen molar-refractivity contribution in [3.8, 4) is 6.07 Å². The molecular formula is C9H8FN. The average molecular weight is 149 g/mol. The van der Waals surface area contributed by atoms with Crippen LogP contribution in [0.25, 0.3) is 0 Å². The van der Waals surface area contributed by atoms with Crippen LogP contribution in [0.15, 0.2) is 12.1 Å². The first-order valence-corrected chi connectivity index (χ1v) is 3.32. The molecule has 0 aliphatic heterocycles. The van der Waals surface area contributed by atoms with Crippen LogP contribution >= 0.6 is 0 Å². The largest absolute Gasteiger partial charge is 0.207 e. The number of halogens is 1. The van der Waals surface area contributed by atoms with Crippen LogP contribution in [0.3, 0.4) is 0 Å². The van der Waals surface area contributed by atoms with E-state index < -0.39 is 0 Å². The second-order valence-corrected chi connectivity index (χ2v) is 2.53. The Hall–Kier alpha value is -1.36. The number of rotatable bonds is 0. The van der Waals surface area contributed by atoms with E-state index in [0.717, 1.165) is 0 Å². The number of hydrogen-bond acceptors (Lipinski definition) is 1.